The van der Waals surface area contributed by atoms with Crippen LogP contribution >= 0.6 is 0 Å². The third-order valence-corrected chi connectivity index (χ3v) is 8.74. The summed E-state index contributed by atoms with van der Waals surface area (Å²) in [5.74, 6) is -0.830. The Hall–Kier alpha value is -3.34. The van der Waals surface area contributed by atoms with Gasteiger partial charge in [-0.2, -0.15) is 0 Å². The summed E-state index contributed by atoms with van der Waals surface area (Å²) in [4.78, 5) is 61.4. The molecule has 1 saturated heterocycles. The fourth-order valence-electron chi connectivity index (χ4n) is 6.21. The Kier molecular flexibility index (Phi) is 21.9. The minimum atomic E-state index is -0.708. The van der Waals surface area contributed by atoms with Crippen molar-refractivity contribution in [3.63, 3.8) is 0 Å². The largest absolute Gasteiger partial charge is 0.491 e. The van der Waals surface area contributed by atoms with Crippen LogP contribution < -0.4 is 4.74 Å². The van der Waals surface area contributed by atoms with E-state index < -0.39 is 29.3 Å². The molecule has 1 unspecified atom stereocenters. The molecule has 2 atom stereocenters. The van der Waals surface area contributed by atoms with Crippen molar-refractivity contribution in [3.05, 3.63) is 29.8 Å². The molecule has 56 heavy (non-hydrogen) atoms. The highest BCUT2D eigenvalue weighted by molar-refractivity contribution is 5.77. The molecule has 0 bridgehead atoms. The summed E-state index contributed by atoms with van der Waals surface area (Å²) in [6.45, 7) is 21.7. The maximum atomic E-state index is 13.8. The number of carbonyl (C=O) groups excluding carboxylic acids is 4. The van der Waals surface area contributed by atoms with Crippen LogP contribution in [-0.4, -0.2) is 179 Å². The number of hydrogen-bond donors (Lipinski definition) is 0. The molecule has 0 radical (unpaired) electrons. The molecule has 1 aliphatic rings. The highest BCUT2D eigenvalue weighted by Crippen LogP contribution is 2.18. The van der Waals surface area contributed by atoms with Crippen LogP contribution in [0.5, 0.6) is 5.75 Å². The molecule has 0 spiro atoms. The molecule has 0 aromatic heterocycles. The fourth-order valence-corrected chi connectivity index (χ4v) is 6.21. The van der Waals surface area contributed by atoms with Gasteiger partial charge in [0.1, 0.15) is 35.6 Å². The number of carbonyl (C=O) groups is 4. The Morgan fingerprint density at radius 3 is 1.48 bits per heavy atom. The van der Waals surface area contributed by atoms with Gasteiger partial charge in [0, 0.05) is 66.1 Å². The molecule has 0 aliphatic carbocycles. The van der Waals surface area contributed by atoms with Gasteiger partial charge in [-0.25, -0.2) is 0 Å². The van der Waals surface area contributed by atoms with Crippen molar-refractivity contribution in [2.45, 2.75) is 92.0 Å². The van der Waals surface area contributed by atoms with Crippen molar-refractivity contribution in [1.29, 1.82) is 0 Å². The molecule has 0 N–H and O–H groups in total. The maximum absolute atomic E-state index is 13.8. The van der Waals surface area contributed by atoms with Gasteiger partial charge < -0.3 is 33.2 Å². The van der Waals surface area contributed by atoms with E-state index in [9.17, 15) is 19.2 Å². The van der Waals surface area contributed by atoms with Crippen LogP contribution in [-0.2, 0) is 54.0 Å². The SMILES string of the molecule is CCOCCOc1ccc(CC(C(=O)OCC)N2CCN(CC(=O)OC(C)(C)C)CCN([C@@H](COC)C(=O)OCC)CCN(CC(=O)OC(C)(C)C)CC2)cc1. The Morgan fingerprint density at radius 1 is 0.625 bits per heavy atom. The number of rotatable bonds is 19. The zero-order valence-electron chi connectivity index (χ0n) is 35.8. The minimum absolute atomic E-state index is 0.00685. The van der Waals surface area contributed by atoms with Gasteiger partial charge in [-0.05, 0) is 86.4 Å². The van der Waals surface area contributed by atoms with Crippen LogP contribution in [0.3, 0.4) is 0 Å². The molecule has 0 amide bonds. The predicted molar refractivity (Wildman–Crippen MR) is 213 cm³/mol. The summed E-state index contributed by atoms with van der Waals surface area (Å²) >= 11 is 0. The smallest absolute Gasteiger partial charge is 0.325 e. The van der Waals surface area contributed by atoms with Crippen molar-refractivity contribution in [2.24, 2.45) is 0 Å². The average Bonchev–Trinajstić information content (AvgIpc) is 3.10. The third-order valence-electron chi connectivity index (χ3n) is 8.74. The van der Waals surface area contributed by atoms with Crippen LogP contribution in [0.1, 0.15) is 67.9 Å². The van der Waals surface area contributed by atoms with Gasteiger partial charge in [0.15, 0.2) is 0 Å². The average molecular weight is 795 g/mol. The molecule has 15 nitrogen and oxygen atoms in total. The van der Waals surface area contributed by atoms with Crippen LogP contribution in [0.2, 0.25) is 0 Å². The number of ether oxygens (including phenoxy) is 7. The van der Waals surface area contributed by atoms with Crippen molar-refractivity contribution in [3.8, 4) is 5.75 Å². The van der Waals surface area contributed by atoms with Crippen molar-refractivity contribution in [2.75, 3.05) is 112 Å². The van der Waals surface area contributed by atoms with E-state index in [1.165, 1.54) is 7.11 Å². The van der Waals surface area contributed by atoms with Crippen molar-refractivity contribution < 1.29 is 52.3 Å². The molecule has 15 heteroatoms. The summed E-state index contributed by atoms with van der Waals surface area (Å²) in [6, 6.07) is 6.27. The minimum Gasteiger partial charge on any atom is -0.491 e. The van der Waals surface area contributed by atoms with Gasteiger partial charge in [0.05, 0.1) is 39.5 Å². The second-order valence-corrected chi connectivity index (χ2v) is 15.7. The van der Waals surface area contributed by atoms with E-state index in [2.05, 4.69) is 4.90 Å². The molecular weight excluding hydrogens is 724 g/mol. The van der Waals surface area contributed by atoms with Gasteiger partial charge in [-0.3, -0.25) is 38.8 Å². The molecule has 1 heterocycles. The lowest BCUT2D eigenvalue weighted by Gasteiger charge is -2.38. The Balaban J connectivity index is 2.52. The number of benzene rings is 1. The van der Waals surface area contributed by atoms with Crippen LogP contribution in [0.4, 0.5) is 0 Å². The van der Waals surface area contributed by atoms with Crippen LogP contribution in [0.15, 0.2) is 24.3 Å². The molecular formula is C41H70N4O11. The fraction of sp³-hybridized carbons (Fsp3) is 0.756. The highest BCUT2D eigenvalue weighted by atomic mass is 16.6. The predicted octanol–water partition coefficient (Wildman–Crippen LogP) is 3.06. The topological polar surface area (TPSA) is 146 Å². The molecule has 1 aliphatic heterocycles. The van der Waals surface area contributed by atoms with E-state index >= 15 is 0 Å². The zero-order valence-corrected chi connectivity index (χ0v) is 35.8. The van der Waals surface area contributed by atoms with E-state index in [4.69, 9.17) is 33.2 Å². The Morgan fingerprint density at radius 2 is 1.07 bits per heavy atom. The first-order valence-electron chi connectivity index (χ1n) is 20.0. The number of esters is 4. The molecule has 320 valence electrons. The van der Waals surface area contributed by atoms with E-state index in [1.54, 1.807) is 13.8 Å². The molecule has 1 aromatic rings. The van der Waals surface area contributed by atoms with E-state index in [1.807, 2.05) is 87.4 Å². The van der Waals surface area contributed by atoms with Crippen LogP contribution in [0.25, 0.3) is 0 Å². The van der Waals surface area contributed by atoms with Gasteiger partial charge in [-0.15, -0.1) is 0 Å². The first-order chi connectivity index (χ1) is 26.5. The van der Waals surface area contributed by atoms with Gasteiger partial charge >= 0.3 is 23.9 Å². The second-order valence-electron chi connectivity index (χ2n) is 15.7. The second kappa shape index (κ2) is 25.1. The lowest BCUT2D eigenvalue weighted by atomic mass is 10.0. The molecule has 1 fully saturated rings. The van der Waals surface area contributed by atoms with Crippen molar-refractivity contribution in [1.82, 2.24) is 19.6 Å². The lowest BCUT2D eigenvalue weighted by molar-refractivity contribution is -0.158. The van der Waals surface area contributed by atoms with E-state index in [-0.39, 0.29) is 50.8 Å². The first kappa shape index (κ1) is 48.8. The zero-order chi connectivity index (χ0) is 41.7. The Labute approximate surface area is 335 Å². The lowest BCUT2D eigenvalue weighted by Crippen LogP contribution is -2.55. The van der Waals surface area contributed by atoms with E-state index in [0.717, 1.165) is 5.56 Å². The number of methoxy groups -OCH3 is 1. The number of hydrogen-bond acceptors (Lipinski definition) is 15. The highest BCUT2D eigenvalue weighted by Gasteiger charge is 2.33. The molecule has 0 saturated carbocycles. The first-order valence-corrected chi connectivity index (χ1v) is 20.0. The van der Waals surface area contributed by atoms with E-state index in [0.29, 0.717) is 84.3 Å². The summed E-state index contributed by atoms with van der Waals surface area (Å²) in [6.07, 6.45) is 0.363. The van der Waals surface area contributed by atoms with Gasteiger partial charge in [0.2, 0.25) is 0 Å². The summed E-state index contributed by atoms with van der Waals surface area (Å²) < 4.78 is 39.2. The molecule has 2 rings (SSSR count). The van der Waals surface area contributed by atoms with Gasteiger partial charge in [-0.1, -0.05) is 12.1 Å². The third kappa shape index (κ3) is 19.7. The quantitative estimate of drug-likeness (QED) is 0.115. The monoisotopic (exact) mass is 795 g/mol. The summed E-state index contributed by atoms with van der Waals surface area (Å²) in [7, 11) is 1.53. The maximum Gasteiger partial charge on any atom is 0.325 e. The summed E-state index contributed by atoms with van der Waals surface area (Å²) in [5.41, 5.74) is -0.432. The summed E-state index contributed by atoms with van der Waals surface area (Å²) in [5, 5.41) is 0. The normalized spacial score (nSPS) is 17.2. The molecule has 1 aromatic carbocycles. The Bertz CT molecular complexity index is 1270. The number of nitrogens with zero attached hydrogens (tertiary/aromatic N) is 4. The standard InChI is InChI=1S/C41H70N4O11/c1-11-51-26-27-54-33-16-14-32(15-17-33)28-34(38(48)52-12-2)44-22-18-42(29-36(46)55-40(4,5)6)20-24-45(35(31-50-10)39(49)53-13-3)25-21-43(19-23-44)30-37(47)56-41(7,8)9/h14-17,34-35H,11-13,18-31H2,1-10H3/t34?,35-/m0/s1. The van der Waals surface area contributed by atoms with Crippen LogP contribution in [0, 0.1) is 0 Å². The van der Waals surface area contributed by atoms with Gasteiger partial charge in [0.25, 0.3) is 0 Å². The van der Waals surface area contributed by atoms with Crippen molar-refractivity contribution >= 4 is 23.9 Å².